The average molecular weight is 305 g/mol. The van der Waals surface area contributed by atoms with Gasteiger partial charge in [-0.2, -0.15) is 0 Å². The van der Waals surface area contributed by atoms with E-state index in [0.29, 0.717) is 19.1 Å². The molecule has 1 aliphatic rings. The molecule has 0 bridgehead atoms. The predicted molar refractivity (Wildman–Crippen MR) is 89.0 cm³/mol. The minimum Gasteiger partial charge on any atom is -0.379 e. The van der Waals surface area contributed by atoms with E-state index in [4.69, 9.17) is 9.47 Å². The van der Waals surface area contributed by atoms with Gasteiger partial charge in [0.1, 0.15) is 0 Å². The van der Waals surface area contributed by atoms with Crippen molar-refractivity contribution in [3.8, 4) is 0 Å². The van der Waals surface area contributed by atoms with Gasteiger partial charge in [0.25, 0.3) is 0 Å². The van der Waals surface area contributed by atoms with Crippen molar-refractivity contribution in [2.75, 3.05) is 41.0 Å². The van der Waals surface area contributed by atoms with Crippen molar-refractivity contribution in [3.05, 3.63) is 35.9 Å². The average Bonchev–Trinajstić information content (AvgIpc) is 2.55. The van der Waals surface area contributed by atoms with Gasteiger partial charge in [-0.25, -0.2) is 4.99 Å². The maximum absolute atomic E-state index is 5.51. The van der Waals surface area contributed by atoms with Gasteiger partial charge < -0.3 is 19.7 Å². The van der Waals surface area contributed by atoms with Gasteiger partial charge in [0.2, 0.25) is 0 Å². The van der Waals surface area contributed by atoms with Crippen LogP contribution >= 0.6 is 0 Å². The molecule has 2 rings (SSSR count). The van der Waals surface area contributed by atoms with Gasteiger partial charge in [-0.15, -0.1) is 0 Å². The first-order valence-corrected chi connectivity index (χ1v) is 7.81. The van der Waals surface area contributed by atoms with Crippen LogP contribution in [0.5, 0.6) is 0 Å². The Bertz CT molecular complexity index is 462. The van der Waals surface area contributed by atoms with Crippen molar-refractivity contribution in [3.63, 3.8) is 0 Å². The fourth-order valence-electron chi connectivity index (χ4n) is 2.58. The molecule has 1 heterocycles. The van der Waals surface area contributed by atoms with E-state index in [-0.39, 0.29) is 6.10 Å². The SMILES string of the molecule is COC1COCCC1CNC(=NCc1ccccc1)N(C)C. The number of hydrogen-bond donors (Lipinski definition) is 1. The minimum atomic E-state index is 0.166. The summed E-state index contributed by atoms with van der Waals surface area (Å²) < 4.78 is 11.0. The number of guanidine groups is 1. The van der Waals surface area contributed by atoms with Crippen molar-refractivity contribution in [1.82, 2.24) is 10.2 Å². The second kappa shape index (κ2) is 8.76. The predicted octanol–water partition coefficient (Wildman–Crippen LogP) is 1.75. The molecule has 1 N–H and O–H groups in total. The Balaban J connectivity index is 1.91. The number of benzene rings is 1. The second-order valence-electron chi connectivity index (χ2n) is 5.80. The summed E-state index contributed by atoms with van der Waals surface area (Å²) in [5, 5.41) is 3.46. The fourth-order valence-corrected chi connectivity index (χ4v) is 2.58. The Hall–Kier alpha value is -1.59. The van der Waals surface area contributed by atoms with E-state index < -0.39 is 0 Å². The molecule has 1 aromatic carbocycles. The molecule has 0 saturated carbocycles. The number of nitrogens with zero attached hydrogens (tertiary/aromatic N) is 2. The van der Waals surface area contributed by atoms with E-state index in [1.807, 2.05) is 37.2 Å². The summed E-state index contributed by atoms with van der Waals surface area (Å²) in [6.45, 7) is 3.03. The number of nitrogens with one attached hydrogen (secondary N) is 1. The van der Waals surface area contributed by atoms with Crippen molar-refractivity contribution in [2.45, 2.75) is 19.1 Å². The molecule has 2 atom stereocenters. The van der Waals surface area contributed by atoms with Crippen LogP contribution < -0.4 is 5.32 Å². The first kappa shape index (κ1) is 16.8. The Morgan fingerprint density at radius 1 is 1.36 bits per heavy atom. The largest absolute Gasteiger partial charge is 0.379 e. The summed E-state index contributed by atoms with van der Waals surface area (Å²) in [6, 6.07) is 10.3. The van der Waals surface area contributed by atoms with Crippen LogP contribution in [0.15, 0.2) is 35.3 Å². The Labute approximate surface area is 133 Å². The summed E-state index contributed by atoms with van der Waals surface area (Å²) in [5.41, 5.74) is 1.21. The highest BCUT2D eigenvalue weighted by atomic mass is 16.5. The quantitative estimate of drug-likeness (QED) is 0.665. The van der Waals surface area contributed by atoms with Gasteiger partial charge in [-0.3, -0.25) is 0 Å². The lowest BCUT2D eigenvalue weighted by atomic mass is 9.97. The van der Waals surface area contributed by atoms with Gasteiger partial charge in [-0.05, 0) is 12.0 Å². The lowest BCUT2D eigenvalue weighted by molar-refractivity contribution is -0.0636. The minimum absolute atomic E-state index is 0.166. The Morgan fingerprint density at radius 3 is 2.82 bits per heavy atom. The zero-order chi connectivity index (χ0) is 15.8. The second-order valence-corrected chi connectivity index (χ2v) is 5.80. The maximum atomic E-state index is 5.51. The van der Waals surface area contributed by atoms with Gasteiger partial charge in [-0.1, -0.05) is 30.3 Å². The van der Waals surface area contributed by atoms with Crippen LogP contribution in [0, 0.1) is 5.92 Å². The number of rotatable bonds is 5. The zero-order valence-electron chi connectivity index (χ0n) is 13.8. The topological polar surface area (TPSA) is 46.1 Å². The van der Waals surface area contributed by atoms with Crippen LogP contribution in [0.1, 0.15) is 12.0 Å². The fraction of sp³-hybridized carbons (Fsp3) is 0.588. The van der Waals surface area contributed by atoms with E-state index >= 15 is 0 Å². The molecule has 22 heavy (non-hydrogen) atoms. The normalized spacial score (nSPS) is 22.4. The number of aliphatic imine (C=N–C) groups is 1. The first-order chi connectivity index (χ1) is 10.7. The van der Waals surface area contributed by atoms with Crippen LogP contribution in [0.25, 0.3) is 0 Å². The van der Waals surface area contributed by atoms with E-state index in [1.165, 1.54) is 5.56 Å². The van der Waals surface area contributed by atoms with Gasteiger partial charge in [0.15, 0.2) is 5.96 Å². The number of ether oxygens (including phenoxy) is 2. The highest BCUT2D eigenvalue weighted by Gasteiger charge is 2.25. The van der Waals surface area contributed by atoms with E-state index in [2.05, 4.69) is 22.4 Å². The van der Waals surface area contributed by atoms with Crippen LogP contribution in [0.4, 0.5) is 0 Å². The third-order valence-electron chi connectivity index (χ3n) is 3.94. The highest BCUT2D eigenvalue weighted by molar-refractivity contribution is 5.79. The van der Waals surface area contributed by atoms with E-state index in [9.17, 15) is 0 Å². The highest BCUT2D eigenvalue weighted by Crippen LogP contribution is 2.17. The molecular weight excluding hydrogens is 278 g/mol. The third-order valence-corrected chi connectivity index (χ3v) is 3.94. The standard InChI is InChI=1S/C17H27N3O2/c1-20(2)17(18-11-14-7-5-4-6-8-14)19-12-15-9-10-22-13-16(15)21-3/h4-8,15-16H,9-13H2,1-3H3,(H,18,19). The smallest absolute Gasteiger partial charge is 0.193 e. The maximum Gasteiger partial charge on any atom is 0.193 e. The molecule has 1 aliphatic heterocycles. The lowest BCUT2D eigenvalue weighted by Crippen LogP contribution is -2.44. The molecule has 122 valence electrons. The molecule has 0 spiro atoms. The summed E-state index contributed by atoms with van der Waals surface area (Å²) >= 11 is 0. The Kier molecular flexibility index (Phi) is 6.68. The molecular formula is C17H27N3O2. The summed E-state index contributed by atoms with van der Waals surface area (Å²) in [6.07, 6.45) is 1.18. The number of methoxy groups -OCH3 is 1. The molecule has 1 aromatic rings. The van der Waals surface area contributed by atoms with Crippen LogP contribution in [-0.2, 0) is 16.0 Å². The first-order valence-electron chi connectivity index (χ1n) is 7.81. The van der Waals surface area contributed by atoms with Gasteiger partial charge in [0.05, 0.1) is 19.3 Å². The number of hydrogen-bond acceptors (Lipinski definition) is 3. The summed E-state index contributed by atoms with van der Waals surface area (Å²) in [5.74, 6) is 1.37. The van der Waals surface area contributed by atoms with Crippen molar-refractivity contribution in [1.29, 1.82) is 0 Å². The van der Waals surface area contributed by atoms with Gasteiger partial charge in [0, 0.05) is 40.3 Å². The summed E-state index contributed by atoms with van der Waals surface area (Å²) in [7, 11) is 5.77. The molecule has 5 nitrogen and oxygen atoms in total. The molecule has 1 saturated heterocycles. The molecule has 5 heteroatoms. The van der Waals surface area contributed by atoms with Crippen LogP contribution in [0.2, 0.25) is 0 Å². The van der Waals surface area contributed by atoms with E-state index in [0.717, 1.165) is 25.5 Å². The molecule has 2 unspecified atom stereocenters. The van der Waals surface area contributed by atoms with Crippen molar-refractivity contribution < 1.29 is 9.47 Å². The Morgan fingerprint density at radius 2 is 2.14 bits per heavy atom. The van der Waals surface area contributed by atoms with Crippen LogP contribution in [0.3, 0.4) is 0 Å². The van der Waals surface area contributed by atoms with Crippen LogP contribution in [-0.4, -0.2) is 57.9 Å². The molecule has 1 fully saturated rings. The molecule has 0 radical (unpaired) electrons. The van der Waals surface area contributed by atoms with Gasteiger partial charge >= 0.3 is 0 Å². The van der Waals surface area contributed by atoms with Crippen molar-refractivity contribution in [2.24, 2.45) is 10.9 Å². The third kappa shape index (κ3) is 5.00. The van der Waals surface area contributed by atoms with E-state index in [1.54, 1.807) is 7.11 Å². The molecule has 0 amide bonds. The lowest BCUT2D eigenvalue weighted by Gasteiger charge is -2.31. The monoisotopic (exact) mass is 305 g/mol. The van der Waals surface area contributed by atoms with Crippen molar-refractivity contribution >= 4 is 5.96 Å². The molecule has 0 aromatic heterocycles. The zero-order valence-corrected chi connectivity index (χ0v) is 13.8. The molecule has 0 aliphatic carbocycles. The summed E-state index contributed by atoms with van der Waals surface area (Å²) in [4.78, 5) is 6.71.